The molecule has 2 N–H and O–H groups in total. The number of guanidine groups is 1. The second kappa shape index (κ2) is 6.43. The molecular weight excluding hydrogens is 190 g/mol. The Balaban J connectivity index is 2.25. The topological polar surface area (TPSA) is 53.5 Å². The minimum Gasteiger partial charge on any atom is -0.344 e. The van der Waals surface area contributed by atoms with Gasteiger partial charge in [0.15, 0.2) is 5.96 Å². The van der Waals surface area contributed by atoms with Crippen molar-refractivity contribution in [1.82, 2.24) is 10.6 Å². The lowest BCUT2D eigenvalue weighted by molar-refractivity contribution is -0.120. The molecule has 0 aliphatic carbocycles. The fourth-order valence-electron chi connectivity index (χ4n) is 1.69. The van der Waals surface area contributed by atoms with Crippen molar-refractivity contribution in [2.75, 3.05) is 6.54 Å². The van der Waals surface area contributed by atoms with Gasteiger partial charge >= 0.3 is 0 Å². The standard InChI is InChI=1S/C11H21N3O/c1-3-5-6-7-8-9-10(15)14-11(13-9)12-4-2/h9H,3-8H2,1-2H3,(H2,12,13,14,15). The van der Waals surface area contributed by atoms with E-state index in [0.717, 1.165) is 12.8 Å². The molecule has 0 aromatic carbocycles. The third-order valence-electron chi connectivity index (χ3n) is 2.53. The van der Waals surface area contributed by atoms with Crippen LogP contribution in [-0.2, 0) is 4.79 Å². The second-order valence-corrected chi connectivity index (χ2v) is 3.86. The molecule has 0 bridgehead atoms. The first kappa shape index (κ1) is 12.0. The highest BCUT2D eigenvalue weighted by atomic mass is 16.2. The summed E-state index contributed by atoms with van der Waals surface area (Å²) in [4.78, 5) is 15.6. The lowest BCUT2D eigenvalue weighted by Gasteiger charge is -2.06. The van der Waals surface area contributed by atoms with Crippen molar-refractivity contribution in [2.45, 2.75) is 52.0 Å². The molecule has 0 radical (unpaired) electrons. The summed E-state index contributed by atoms with van der Waals surface area (Å²) in [5.41, 5.74) is 0. The van der Waals surface area contributed by atoms with Crippen LogP contribution in [0.1, 0.15) is 46.0 Å². The number of amides is 1. The Morgan fingerprint density at radius 2 is 2.07 bits per heavy atom. The lowest BCUT2D eigenvalue weighted by Crippen LogP contribution is -2.29. The van der Waals surface area contributed by atoms with Crippen LogP contribution in [0.3, 0.4) is 0 Å². The number of aliphatic imine (C=N–C) groups is 1. The SMILES string of the molecule is CCCCCCC1NC(=NCC)NC1=O. The molecule has 1 rings (SSSR count). The minimum atomic E-state index is -0.0628. The quantitative estimate of drug-likeness (QED) is 0.653. The van der Waals surface area contributed by atoms with E-state index in [1.807, 2.05) is 6.92 Å². The number of unbranched alkanes of at least 4 members (excludes halogenated alkanes) is 3. The summed E-state index contributed by atoms with van der Waals surface area (Å²) < 4.78 is 0. The van der Waals surface area contributed by atoms with Crippen LogP contribution in [0, 0.1) is 0 Å². The monoisotopic (exact) mass is 211 g/mol. The number of nitrogens with one attached hydrogen (secondary N) is 2. The number of rotatable bonds is 6. The van der Waals surface area contributed by atoms with Crippen LogP contribution in [0.25, 0.3) is 0 Å². The van der Waals surface area contributed by atoms with Crippen LogP contribution in [0.2, 0.25) is 0 Å². The zero-order valence-electron chi connectivity index (χ0n) is 9.68. The predicted octanol–water partition coefficient (Wildman–Crippen LogP) is 1.42. The Hall–Kier alpha value is -1.06. The Morgan fingerprint density at radius 3 is 2.73 bits per heavy atom. The highest BCUT2D eigenvalue weighted by molar-refractivity contribution is 6.06. The molecule has 1 unspecified atom stereocenters. The van der Waals surface area contributed by atoms with Crippen molar-refractivity contribution >= 4 is 11.9 Å². The average molecular weight is 211 g/mol. The first-order valence-corrected chi connectivity index (χ1v) is 5.89. The molecule has 0 spiro atoms. The van der Waals surface area contributed by atoms with E-state index < -0.39 is 0 Å². The molecule has 1 heterocycles. The van der Waals surface area contributed by atoms with Gasteiger partial charge in [-0.05, 0) is 13.3 Å². The molecule has 0 aromatic heterocycles. The number of carbonyl (C=O) groups is 1. The van der Waals surface area contributed by atoms with Crippen molar-refractivity contribution in [3.8, 4) is 0 Å². The van der Waals surface area contributed by atoms with Gasteiger partial charge in [0.25, 0.3) is 0 Å². The predicted molar refractivity (Wildman–Crippen MR) is 61.8 cm³/mol. The van der Waals surface area contributed by atoms with Crippen molar-refractivity contribution in [3.05, 3.63) is 0 Å². The van der Waals surface area contributed by atoms with Crippen molar-refractivity contribution in [1.29, 1.82) is 0 Å². The number of hydrogen-bond donors (Lipinski definition) is 2. The highest BCUT2D eigenvalue weighted by Gasteiger charge is 2.26. The Labute approximate surface area is 91.5 Å². The maximum Gasteiger partial charge on any atom is 0.249 e. The van der Waals surface area contributed by atoms with Crippen LogP contribution in [0.5, 0.6) is 0 Å². The van der Waals surface area contributed by atoms with Gasteiger partial charge in [0.05, 0.1) is 0 Å². The van der Waals surface area contributed by atoms with Gasteiger partial charge in [-0.2, -0.15) is 0 Å². The number of nitrogens with zero attached hydrogens (tertiary/aromatic N) is 1. The van der Waals surface area contributed by atoms with E-state index >= 15 is 0 Å². The van der Waals surface area contributed by atoms with Crippen LogP contribution >= 0.6 is 0 Å². The molecule has 1 amide bonds. The lowest BCUT2D eigenvalue weighted by atomic mass is 10.1. The van der Waals surface area contributed by atoms with Gasteiger partial charge in [0.2, 0.25) is 5.91 Å². The largest absolute Gasteiger partial charge is 0.344 e. The van der Waals surface area contributed by atoms with Gasteiger partial charge in [-0.1, -0.05) is 32.6 Å². The summed E-state index contributed by atoms with van der Waals surface area (Å²) >= 11 is 0. The molecule has 0 saturated carbocycles. The Bertz CT molecular complexity index is 238. The smallest absolute Gasteiger partial charge is 0.249 e. The maximum atomic E-state index is 11.5. The van der Waals surface area contributed by atoms with Gasteiger partial charge in [0, 0.05) is 6.54 Å². The zero-order chi connectivity index (χ0) is 11.1. The molecule has 1 atom stereocenters. The normalized spacial score (nSPS) is 22.9. The first-order valence-electron chi connectivity index (χ1n) is 5.89. The van der Waals surface area contributed by atoms with Crippen molar-refractivity contribution in [3.63, 3.8) is 0 Å². The van der Waals surface area contributed by atoms with E-state index in [1.54, 1.807) is 0 Å². The van der Waals surface area contributed by atoms with Gasteiger partial charge in [-0.15, -0.1) is 0 Å². The van der Waals surface area contributed by atoms with Crippen molar-refractivity contribution in [2.24, 2.45) is 4.99 Å². The summed E-state index contributed by atoms with van der Waals surface area (Å²) in [6.07, 6.45) is 5.71. The number of carbonyl (C=O) groups excluding carboxylic acids is 1. The van der Waals surface area contributed by atoms with Crippen LogP contribution in [0.4, 0.5) is 0 Å². The first-order chi connectivity index (χ1) is 7.27. The maximum absolute atomic E-state index is 11.5. The fraction of sp³-hybridized carbons (Fsp3) is 0.818. The third-order valence-corrected chi connectivity index (χ3v) is 2.53. The van der Waals surface area contributed by atoms with Gasteiger partial charge < -0.3 is 5.32 Å². The van der Waals surface area contributed by atoms with E-state index in [0.29, 0.717) is 12.5 Å². The molecule has 0 aromatic rings. The molecule has 1 aliphatic heterocycles. The second-order valence-electron chi connectivity index (χ2n) is 3.86. The molecule has 4 heteroatoms. The summed E-state index contributed by atoms with van der Waals surface area (Å²) in [6.45, 7) is 4.84. The molecule has 1 saturated heterocycles. The molecule has 86 valence electrons. The van der Waals surface area contributed by atoms with Crippen LogP contribution in [-0.4, -0.2) is 24.5 Å². The Morgan fingerprint density at radius 1 is 1.27 bits per heavy atom. The Kier molecular flexibility index (Phi) is 5.15. The molecule has 1 fully saturated rings. The van der Waals surface area contributed by atoms with Crippen LogP contribution in [0.15, 0.2) is 4.99 Å². The summed E-state index contributed by atoms with van der Waals surface area (Å²) in [6, 6.07) is -0.0628. The molecule has 4 nitrogen and oxygen atoms in total. The van der Waals surface area contributed by atoms with E-state index in [-0.39, 0.29) is 11.9 Å². The van der Waals surface area contributed by atoms with E-state index in [4.69, 9.17) is 0 Å². The van der Waals surface area contributed by atoms with Crippen molar-refractivity contribution < 1.29 is 4.79 Å². The van der Waals surface area contributed by atoms with E-state index in [2.05, 4.69) is 22.5 Å². The average Bonchev–Trinajstić information content (AvgIpc) is 2.55. The molecule has 1 aliphatic rings. The summed E-state index contributed by atoms with van der Waals surface area (Å²) in [7, 11) is 0. The highest BCUT2D eigenvalue weighted by Crippen LogP contribution is 2.08. The van der Waals surface area contributed by atoms with Gasteiger partial charge in [-0.3, -0.25) is 15.1 Å². The summed E-state index contributed by atoms with van der Waals surface area (Å²) in [5.74, 6) is 0.710. The molecule has 15 heavy (non-hydrogen) atoms. The summed E-state index contributed by atoms with van der Waals surface area (Å²) in [5, 5.41) is 5.85. The van der Waals surface area contributed by atoms with Gasteiger partial charge in [-0.25, -0.2) is 0 Å². The fourth-order valence-corrected chi connectivity index (χ4v) is 1.69. The minimum absolute atomic E-state index is 0.0628. The van der Waals surface area contributed by atoms with Crippen LogP contribution < -0.4 is 10.6 Å². The number of hydrogen-bond acceptors (Lipinski definition) is 2. The molecular formula is C11H21N3O. The van der Waals surface area contributed by atoms with Gasteiger partial charge in [0.1, 0.15) is 6.04 Å². The van der Waals surface area contributed by atoms with E-state index in [9.17, 15) is 4.79 Å². The zero-order valence-corrected chi connectivity index (χ0v) is 9.68. The third kappa shape index (κ3) is 3.90. The van der Waals surface area contributed by atoms with E-state index in [1.165, 1.54) is 19.3 Å².